The molecule has 0 aliphatic rings. The minimum atomic E-state index is -0.0467. The van der Waals surface area contributed by atoms with Crippen molar-refractivity contribution in [3.8, 4) is 11.5 Å². The molecule has 1 N–H and O–H groups in total. The minimum Gasteiger partial charge on any atom is -0.493 e. The van der Waals surface area contributed by atoms with Gasteiger partial charge in [-0.2, -0.15) is 0 Å². The predicted octanol–water partition coefficient (Wildman–Crippen LogP) is 2.45. The number of hydrogen-bond donors (Lipinski definition) is 1. The van der Waals surface area contributed by atoms with E-state index in [-0.39, 0.29) is 11.8 Å². The van der Waals surface area contributed by atoms with Crippen LogP contribution in [0.15, 0.2) is 48.5 Å². The second-order valence-electron chi connectivity index (χ2n) is 6.46. The molecule has 6 heteroatoms. The van der Waals surface area contributed by atoms with Crippen LogP contribution in [0.5, 0.6) is 11.5 Å². The highest BCUT2D eigenvalue weighted by molar-refractivity contribution is 5.78. The second kappa shape index (κ2) is 11.0. The van der Waals surface area contributed by atoms with Crippen LogP contribution in [-0.2, 0) is 22.4 Å². The van der Waals surface area contributed by atoms with Gasteiger partial charge >= 0.3 is 0 Å². The van der Waals surface area contributed by atoms with E-state index < -0.39 is 0 Å². The molecule has 2 aromatic rings. The monoisotopic (exact) mass is 384 g/mol. The molecule has 0 saturated heterocycles. The van der Waals surface area contributed by atoms with Crippen LogP contribution < -0.4 is 14.8 Å². The largest absolute Gasteiger partial charge is 0.493 e. The molecule has 2 aromatic carbocycles. The van der Waals surface area contributed by atoms with Crippen LogP contribution in [0.25, 0.3) is 0 Å². The van der Waals surface area contributed by atoms with Gasteiger partial charge in [0.05, 0.1) is 20.6 Å². The topological polar surface area (TPSA) is 67.9 Å². The number of benzene rings is 2. The zero-order valence-electron chi connectivity index (χ0n) is 16.7. The predicted molar refractivity (Wildman–Crippen MR) is 109 cm³/mol. The summed E-state index contributed by atoms with van der Waals surface area (Å²) in [6.45, 7) is 3.01. The number of hydrogen-bond acceptors (Lipinski definition) is 4. The first-order chi connectivity index (χ1) is 13.5. The molecule has 0 radical (unpaired) electrons. The number of methoxy groups -OCH3 is 2. The molecule has 0 bridgehead atoms. The summed E-state index contributed by atoms with van der Waals surface area (Å²) in [5.74, 6) is 1.28. The third kappa shape index (κ3) is 6.61. The maximum Gasteiger partial charge on any atom is 0.224 e. The molecular weight excluding hydrogens is 356 g/mol. The summed E-state index contributed by atoms with van der Waals surface area (Å²) in [5, 5.41) is 2.88. The van der Waals surface area contributed by atoms with Crippen molar-refractivity contribution in [3.63, 3.8) is 0 Å². The van der Waals surface area contributed by atoms with Gasteiger partial charge in [0.1, 0.15) is 0 Å². The Morgan fingerprint density at radius 2 is 1.64 bits per heavy atom. The van der Waals surface area contributed by atoms with E-state index in [0.29, 0.717) is 44.0 Å². The Morgan fingerprint density at radius 3 is 2.29 bits per heavy atom. The van der Waals surface area contributed by atoms with E-state index in [9.17, 15) is 9.59 Å². The van der Waals surface area contributed by atoms with Crippen LogP contribution in [0.2, 0.25) is 0 Å². The Balaban J connectivity index is 1.81. The molecule has 0 atom stereocenters. The molecular formula is C22H28N2O4. The van der Waals surface area contributed by atoms with Gasteiger partial charge in [-0.25, -0.2) is 0 Å². The van der Waals surface area contributed by atoms with Crippen LogP contribution >= 0.6 is 0 Å². The Bertz CT molecular complexity index is 777. The molecule has 2 rings (SSSR count). The van der Waals surface area contributed by atoms with Gasteiger partial charge in [0.25, 0.3) is 0 Å². The molecule has 0 aliphatic carbocycles. The second-order valence-corrected chi connectivity index (χ2v) is 6.46. The molecule has 0 aromatic heterocycles. The third-order valence-corrected chi connectivity index (χ3v) is 4.48. The fourth-order valence-electron chi connectivity index (χ4n) is 2.90. The lowest BCUT2D eigenvalue weighted by atomic mass is 10.1. The van der Waals surface area contributed by atoms with Gasteiger partial charge in [0.2, 0.25) is 11.8 Å². The first kappa shape index (κ1) is 21.3. The van der Waals surface area contributed by atoms with Gasteiger partial charge in [0, 0.05) is 26.6 Å². The van der Waals surface area contributed by atoms with Crippen LogP contribution in [0, 0.1) is 0 Å². The molecule has 6 nitrogen and oxygen atoms in total. The van der Waals surface area contributed by atoms with Gasteiger partial charge in [0.15, 0.2) is 11.5 Å². The number of carbonyl (C=O) groups is 2. The normalized spacial score (nSPS) is 10.2. The maximum atomic E-state index is 12.0. The summed E-state index contributed by atoms with van der Waals surface area (Å²) in [4.78, 5) is 25.7. The number of nitrogens with one attached hydrogen (secondary N) is 1. The molecule has 0 saturated carbocycles. The average Bonchev–Trinajstić information content (AvgIpc) is 2.70. The van der Waals surface area contributed by atoms with Crippen molar-refractivity contribution in [2.24, 2.45) is 0 Å². The van der Waals surface area contributed by atoms with E-state index in [1.54, 1.807) is 26.0 Å². The maximum absolute atomic E-state index is 12.0. The minimum absolute atomic E-state index is 0.0159. The summed E-state index contributed by atoms with van der Waals surface area (Å²) >= 11 is 0. The van der Waals surface area contributed by atoms with E-state index in [4.69, 9.17) is 9.47 Å². The Labute approximate surface area is 166 Å². The lowest BCUT2D eigenvalue weighted by Gasteiger charge is -2.21. The van der Waals surface area contributed by atoms with Crippen LogP contribution in [0.4, 0.5) is 0 Å². The molecule has 0 fully saturated rings. The number of ether oxygens (including phenoxy) is 2. The van der Waals surface area contributed by atoms with Gasteiger partial charge in [-0.3, -0.25) is 9.59 Å². The van der Waals surface area contributed by atoms with Crippen molar-refractivity contribution in [2.75, 3.05) is 33.9 Å². The lowest BCUT2D eigenvalue weighted by Crippen LogP contribution is -2.39. The summed E-state index contributed by atoms with van der Waals surface area (Å²) in [6, 6.07) is 15.3. The van der Waals surface area contributed by atoms with Crippen LogP contribution in [0.1, 0.15) is 18.1 Å². The number of nitrogens with zero attached hydrogens (tertiary/aromatic N) is 1. The number of amides is 2. The average molecular weight is 384 g/mol. The molecule has 28 heavy (non-hydrogen) atoms. The number of carbonyl (C=O) groups excluding carboxylic acids is 2. The summed E-state index contributed by atoms with van der Waals surface area (Å²) in [6.07, 6.45) is 1.03. The van der Waals surface area contributed by atoms with Crippen molar-refractivity contribution >= 4 is 11.8 Å². The van der Waals surface area contributed by atoms with Crippen LogP contribution in [0.3, 0.4) is 0 Å². The zero-order valence-corrected chi connectivity index (χ0v) is 16.7. The van der Waals surface area contributed by atoms with E-state index >= 15 is 0 Å². The highest BCUT2D eigenvalue weighted by Crippen LogP contribution is 2.27. The summed E-state index contributed by atoms with van der Waals surface area (Å²) < 4.78 is 10.6. The molecule has 2 amide bonds. The quantitative estimate of drug-likeness (QED) is 0.683. The Morgan fingerprint density at radius 1 is 0.929 bits per heavy atom. The Kier molecular flexibility index (Phi) is 8.34. The standard InChI is InChI=1S/C22H28N2O4/c1-17(25)24(13-11-19-9-10-20(27-2)21(15-19)28-3)14-12-23-22(26)16-18-7-5-4-6-8-18/h4-10,15H,11-14,16H2,1-3H3,(H,23,26). The number of rotatable bonds is 10. The first-order valence-electron chi connectivity index (χ1n) is 9.30. The molecule has 0 spiro atoms. The van der Waals surface area contributed by atoms with E-state index in [2.05, 4.69) is 5.32 Å². The van der Waals surface area contributed by atoms with Crippen molar-refractivity contribution in [1.29, 1.82) is 0 Å². The highest BCUT2D eigenvalue weighted by atomic mass is 16.5. The Hall–Kier alpha value is -3.02. The molecule has 0 unspecified atom stereocenters. The highest BCUT2D eigenvalue weighted by Gasteiger charge is 2.11. The van der Waals surface area contributed by atoms with Crippen LogP contribution in [-0.4, -0.2) is 50.6 Å². The van der Waals surface area contributed by atoms with Gasteiger partial charge in [-0.05, 0) is 29.7 Å². The molecule has 150 valence electrons. The van der Waals surface area contributed by atoms with Gasteiger partial charge < -0.3 is 19.7 Å². The smallest absolute Gasteiger partial charge is 0.224 e. The van der Waals surface area contributed by atoms with Crippen molar-refractivity contribution in [2.45, 2.75) is 19.8 Å². The fourth-order valence-corrected chi connectivity index (χ4v) is 2.90. The van der Waals surface area contributed by atoms with E-state index in [1.807, 2.05) is 48.5 Å². The fraction of sp³-hybridized carbons (Fsp3) is 0.364. The van der Waals surface area contributed by atoms with Gasteiger partial charge in [-0.1, -0.05) is 36.4 Å². The zero-order chi connectivity index (χ0) is 20.4. The lowest BCUT2D eigenvalue weighted by molar-refractivity contribution is -0.129. The van der Waals surface area contributed by atoms with E-state index in [0.717, 1.165) is 11.1 Å². The SMILES string of the molecule is COc1ccc(CCN(CCNC(=O)Cc2ccccc2)C(C)=O)cc1OC. The van der Waals surface area contributed by atoms with E-state index in [1.165, 1.54) is 0 Å². The molecule has 0 heterocycles. The summed E-state index contributed by atoms with van der Waals surface area (Å²) in [7, 11) is 3.20. The first-order valence-corrected chi connectivity index (χ1v) is 9.30. The summed E-state index contributed by atoms with van der Waals surface area (Å²) in [5.41, 5.74) is 2.02. The van der Waals surface area contributed by atoms with Crippen molar-refractivity contribution in [3.05, 3.63) is 59.7 Å². The van der Waals surface area contributed by atoms with Crippen molar-refractivity contribution < 1.29 is 19.1 Å². The third-order valence-electron chi connectivity index (χ3n) is 4.48. The van der Waals surface area contributed by atoms with Crippen molar-refractivity contribution in [1.82, 2.24) is 10.2 Å². The molecule has 0 aliphatic heterocycles. The van der Waals surface area contributed by atoms with Gasteiger partial charge in [-0.15, -0.1) is 0 Å².